The number of nitrogens with one attached hydrogen (secondary N) is 1. The predicted molar refractivity (Wildman–Crippen MR) is 98.6 cm³/mol. The quantitative estimate of drug-likeness (QED) is 0.652. The molecule has 0 aromatic heterocycles. The molecule has 1 aromatic carbocycles. The highest BCUT2D eigenvalue weighted by Crippen LogP contribution is 2.33. The molecule has 0 saturated carbocycles. The van der Waals surface area contributed by atoms with Gasteiger partial charge in [-0.3, -0.25) is 4.79 Å². The minimum Gasteiger partial charge on any atom is -0.352 e. The number of benzene rings is 1. The predicted octanol–water partition coefficient (Wildman–Crippen LogP) is -0.151. The lowest BCUT2D eigenvalue weighted by molar-refractivity contribution is -0.119. The minimum absolute atomic E-state index is 0.0320. The van der Waals surface area contributed by atoms with Gasteiger partial charge in [0.1, 0.15) is 0 Å². The number of sulfone groups is 1. The van der Waals surface area contributed by atoms with Crippen LogP contribution >= 0.6 is 0 Å². The van der Waals surface area contributed by atoms with Crippen molar-refractivity contribution >= 4 is 25.8 Å². The zero-order valence-electron chi connectivity index (χ0n) is 14.9. The second-order valence-electron chi connectivity index (χ2n) is 6.76. The van der Waals surface area contributed by atoms with Gasteiger partial charge in [0.25, 0.3) is 0 Å². The summed E-state index contributed by atoms with van der Waals surface area (Å²) in [5.41, 5.74) is 5.35. The molecule has 1 aliphatic rings. The van der Waals surface area contributed by atoms with Gasteiger partial charge in [-0.15, -0.1) is 0 Å². The third-order valence-corrected chi connectivity index (χ3v) is 8.43. The van der Waals surface area contributed by atoms with E-state index in [1.54, 1.807) is 19.1 Å². The number of hydrogen-bond donors (Lipinski definition) is 2. The smallest absolute Gasteiger partial charge is 0.243 e. The van der Waals surface area contributed by atoms with Crippen LogP contribution < -0.4 is 11.1 Å². The van der Waals surface area contributed by atoms with Crippen LogP contribution in [0, 0.1) is 0 Å². The molecule has 3 N–H and O–H groups in total. The van der Waals surface area contributed by atoms with Gasteiger partial charge in [0, 0.05) is 32.1 Å². The maximum atomic E-state index is 13.1. The Morgan fingerprint density at radius 1 is 1.31 bits per heavy atom. The number of amides is 1. The van der Waals surface area contributed by atoms with E-state index in [4.69, 9.17) is 5.73 Å². The second-order valence-corrected chi connectivity index (χ2v) is 10.8. The van der Waals surface area contributed by atoms with Gasteiger partial charge in [0.05, 0.1) is 16.4 Å². The SMILES string of the molecule is CC(=O)NCc1ccc(S(=O)(=O)N(CCN)[C@@]2(C)CCS(=O)(=O)C2)cc1. The summed E-state index contributed by atoms with van der Waals surface area (Å²) >= 11 is 0. The fraction of sp³-hybridized carbons (Fsp3) is 0.562. The second kappa shape index (κ2) is 7.63. The van der Waals surface area contributed by atoms with Gasteiger partial charge in [-0.2, -0.15) is 4.31 Å². The maximum Gasteiger partial charge on any atom is 0.243 e. The number of nitrogens with zero attached hydrogens (tertiary/aromatic N) is 1. The molecule has 0 radical (unpaired) electrons. The average Bonchev–Trinajstić information content (AvgIpc) is 2.85. The van der Waals surface area contributed by atoms with Gasteiger partial charge in [0.15, 0.2) is 9.84 Å². The number of rotatable bonds is 7. The summed E-state index contributed by atoms with van der Waals surface area (Å²) in [7, 11) is -7.17. The zero-order valence-corrected chi connectivity index (χ0v) is 16.6. The summed E-state index contributed by atoms with van der Waals surface area (Å²) in [5, 5.41) is 2.64. The molecule has 0 spiro atoms. The molecule has 1 saturated heterocycles. The Labute approximate surface area is 154 Å². The van der Waals surface area contributed by atoms with Crippen LogP contribution in [0.15, 0.2) is 29.2 Å². The van der Waals surface area contributed by atoms with Crippen molar-refractivity contribution in [2.45, 2.75) is 37.2 Å². The first-order chi connectivity index (χ1) is 12.0. The van der Waals surface area contributed by atoms with Crippen molar-refractivity contribution in [1.29, 1.82) is 0 Å². The fourth-order valence-electron chi connectivity index (χ4n) is 3.12. The van der Waals surface area contributed by atoms with Crippen molar-refractivity contribution in [2.75, 3.05) is 24.6 Å². The van der Waals surface area contributed by atoms with Crippen molar-refractivity contribution in [3.05, 3.63) is 29.8 Å². The zero-order chi connectivity index (χ0) is 19.6. The molecule has 1 amide bonds. The Morgan fingerprint density at radius 2 is 1.92 bits per heavy atom. The number of nitrogens with two attached hydrogens (primary N) is 1. The third kappa shape index (κ3) is 4.61. The molecule has 1 aliphatic heterocycles. The van der Waals surface area contributed by atoms with Gasteiger partial charge in [-0.05, 0) is 31.0 Å². The van der Waals surface area contributed by atoms with Crippen LogP contribution in [0.25, 0.3) is 0 Å². The van der Waals surface area contributed by atoms with E-state index in [2.05, 4.69) is 5.32 Å². The number of carbonyl (C=O) groups excluding carboxylic acids is 1. The van der Waals surface area contributed by atoms with Crippen LogP contribution in [0.2, 0.25) is 0 Å². The van der Waals surface area contributed by atoms with Crippen molar-refractivity contribution in [3.63, 3.8) is 0 Å². The summed E-state index contributed by atoms with van der Waals surface area (Å²) in [6.07, 6.45) is 0.245. The summed E-state index contributed by atoms with van der Waals surface area (Å²) < 4.78 is 51.2. The number of carbonyl (C=O) groups is 1. The van der Waals surface area contributed by atoms with Crippen LogP contribution in [0.1, 0.15) is 25.8 Å². The molecular formula is C16H25N3O5S2. The highest BCUT2D eigenvalue weighted by Gasteiger charge is 2.47. The molecule has 1 heterocycles. The van der Waals surface area contributed by atoms with E-state index < -0.39 is 25.4 Å². The Hall–Kier alpha value is -1.49. The molecule has 0 aliphatic carbocycles. The first-order valence-corrected chi connectivity index (χ1v) is 11.5. The Kier molecular flexibility index (Phi) is 6.11. The van der Waals surface area contributed by atoms with Crippen LogP contribution in [-0.4, -0.2) is 57.2 Å². The lowest BCUT2D eigenvalue weighted by atomic mass is 10.0. The van der Waals surface area contributed by atoms with Crippen LogP contribution in [0.5, 0.6) is 0 Å². The van der Waals surface area contributed by atoms with Crippen LogP contribution in [0.3, 0.4) is 0 Å². The van der Waals surface area contributed by atoms with Gasteiger partial charge < -0.3 is 11.1 Å². The van der Waals surface area contributed by atoms with Gasteiger partial charge in [-0.1, -0.05) is 12.1 Å². The van der Waals surface area contributed by atoms with Crippen molar-refractivity contribution < 1.29 is 21.6 Å². The van der Waals surface area contributed by atoms with E-state index in [-0.39, 0.29) is 41.8 Å². The standard InChI is InChI=1S/C16H25N3O5S2/c1-13(20)18-11-14-3-5-15(6-4-14)26(23,24)19(9-8-17)16(2)7-10-25(21,22)12-16/h3-6H,7-12,17H2,1-2H3,(H,18,20)/t16-/m0/s1. The molecule has 0 unspecified atom stereocenters. The largest absolute Gasteiger partial charge is 0.352 e. The van der Waals surface area contributed by atoms with E-state index in [0.29, 0.717) is 6.54 Å². The highest BCUT2D eigenvalue weighted by molar-refractivity contribution is 7.92. The molecular weight excluding hydrogens is 378 g/mol. The summed E-state index contributed by atoms with van der Waals surface area (Å²) in [5.74, 6) is -0.415. The Bertz CT molecular complexity index is 866. The lowest BCUT2D eigenvalue weighted by Gasteiger charge is -2.36. The van der Waals surface area contributed by atoms with Gasteiger partial charge in [-0.25, -0.2) is 16.8 Å². The van der Waals surface area contributed by atoms with E-state index in [1.165, 1.54) is 23.4 Å². The van der Waals surface area contributed by atoms with Crippen molar-refractivity contribution in [2.24, 2.45) is 5.73 Å². The number of sulfonamides is 1. The lowest BCUT2D eigenvalue weighted by Crippen LogP contribution is -2.52. The first kappa shape index (κ1) is 20.8. The van der Waals surface area contributed by atoms with Gasteiger partial charge >= 0.3 is 0 Å². The normalized spacial score (nSPS) is 22.5. The average molecular weight is 404 g/mol. The molecule has 1 fully saturated rings. The van der Waals surface area contributed by atoms with E-state index in [0.717, 1.165) is 5.56 Å². The molecule has 146 valence electrons. The minimum atomic E-state index is -3.90. The fourth-order valence-corrected chi connectivity index (χ4v) is 7.16. The molecule has 1 aromatic rings. The van der Waals surface area contributed by atoms with E-state index in [9.17, 15) is 21.6 Å². The molecule has 2 rings (SSSR count). The molecule has 1 atom stereocenters. The topological polar surface area (TPSA) is 127 Å². The van der Waals surface area contributed by atoms with Crippen molar-refractivity contribution in [3.8, 4) is 0 Å². The molecule has 10 heteroatoms. The van der Waals surface area contributed by atoms with Crippen LogP contribution in [0.4, 0.5) is 0 Å². The summed E-state index contributed by atoms with van der Waals surface area (Å²) in [6, 6.07) is 6.17. The first-order valence-electron chi connectivity index (χ1n) is 8.27. The summed E-state index contributed by atoms with van der Waals surface area (Å²) in [6.45, 7) is 3.49. The maximum absolute atomic E-state index is 13.1. The molecule has 0 bridgehead atoms. The summed E-state index contributed by atoms with van der Waals surface area (Å²) in [4.78, 5) is 11.0. The molecule has 26 heavy (non-hydrogen) atoms. The number of hydrogen-bond acceptors (Lipinski definition) is 6. The van der Waals surface area contributed by atoms with E-state index >= 15 is 0 Å². The highest BCUT2D eigenvalue weighted by atomic mass is 32.2. The van der Waals surface area contributed by atoms with Gasteiger partial charge in [0.2, 0.25) is 15.9 Å². The van der Waals surface area contributed by atoms with E-state index in [1.807, 2.05) is 0 Å². The molecule has 8 nitrogen and oxygen atoms in total. The third-order valence-electron chi connectivity index (χ3n) is 4.47. The van der Waals surface area contributed by atoms with Crippen LogP contribution in [-0.2, 0) is 31.2 Å². The Balaban J connectivity index is 2.31. The van der Waals surface area contributed by atoms with Crippen molar-refractivity contribution in [1.82, 2.24) is 9.62 Å². The Morgan fingerprint density at radius 3 is 2.38 bits per heavy atom. The monoisotopic (exact) mass is 403 g/mol.